The van der Waals surface area contributed by atoms with Gasteiger partial charge >= 0.3 is 6.18 Å². The molecule has 0 saturated carbocycles. The Morgan fingerprint density at radius 2 is 1.71 bits per heavy atom. The first kappa shape index (κ1) is 22.8. The Hall–Kier alpha value is -2.84. The summed E-state index contributed by atoms with van der Waals surface area (Å²) in [5.74, 6) is -0.587. The number of amides is 1. The number of hydrogen-bond donors (Lipinski definition) is 1. The van der Waals surface area contributed by atoms with Crippen LogP contribution in [0.2, 0.25) is 0 Å². The predicted octanol–water partition coefficient (Wildman–Crippen LogP) is 4.22. The average molecular weight is 435 g/mol. The highest BCUT2D eigenvalue weighted by Crippen LogP contribution is 2.35. The first-order valence-corrected chi connectivity index (χ1v) is 9.75. The quantitative estimate of drug-likeness (QED) is 0.738. The van der Waals surface area contributed by atoms with E-state index in [2.05, 4.69) is 0 Å². The highest BCUT2D eigenvalue weighted by molar-refractivity contribution is 5.91. The van der Waals surface area contributed by atoms with E-state index in [4.69, 9.17) is 14.6 Å². The Labute approximate surface area is 178 Å². The molecule has 5 nitrogen and oxygen atoms in total. The number of allylic oxidation sites excluding steroid dienone is 1. The van der Waals surface area contributed by atoms with E-state index < -0.39 is 18.0 Å². The SMILES string of the molecule is CN(C)C(=O)C1=C[C@H](c2ccc(C(F)(F)F)cc2)C[C@H](OCc2ccc(CO)cc2)O1. The van der Waals surface area contributed by atoms with E-state index in [9.17, 15) is 18.0 Å². The van der Waals surface area contributed by atoms with Crippen LogP contribution in [-0.4, -0.2) is 36.3 Å². The van der Waals surface area contributed by atoms with Crippen LogP contribution in [0, 0.1) is 0 Å². The van der Waals surface area contributed by atoms with Crippen LogP contribution in [0.15, 0.2) is 60.4 Å². The van der Waals surface area contributed by atoms with Crippen LogP contribution in [0.4, 0.5) is 13.2 Å². The van der Waals surface area contributed by atoms with Gasteiger partial charge in [-0.2, -0.15) is 13.2 Å². The maximum atomic E-state index is 12.9. The molecule has 0 bridgehead atoms. The maximum Gasteiger partial charge on any atom is 0.416 e. The van der Waals surface area contributed by atoms with E-state index >= 15 is 0 Å². The van der Waals surface area contributed by atoms with Crippen molar-refractivity contribution in [1.82, 2.24) is 4.90 Å². The number of carbonyl (C=O) groups is 1. The number of ether oxygens (including phenoxy) is 2. The molecule has 0 spiro atoms. The zero-order valence-electron chi connectivity index (χ0n) is 17.2. The van der Waals surface area contributed by atoms with Gasteiger partial charge in [0.1, 0.15) is 0 Å². The summed E-state index contributed by atoms with van der Waals surface area (Å²) in [7, 11) is 3.18. The molecule has 0 unspecified atom stereocenters. The van der Waals surface area contributed by atoms with Crippen molar-refractivity contribution in [2.45, 2.75) is 38.0 Å². The van der Waals surface area contributed by atoms with Crippen molar-refractivity contribution in [3.05, 3.63) is 82.6 Å². The molecule has 2 aromatic rings. The van der Waals surface area contributed by atoms with Gasteiger partial charge in [-0.1, -0.05) is 36.4 Å². The standard InChI is InChI=1S/C23H24F3NO4/c1-27(2)22(29)20-11-18(17-7-9-19(10-8-17)23(24,25)26)12-21(31-20)30-14-16-5-3-15(13-28)4-6-16/h3-11,18,21,28H,12-14H2,1-2H3/t18-,21+/m0/s1. The minimum absolute atomic E-state index is 0.0531. The molecule has 0 radical (unpaired) electrons. The highest BCUT2D eigenvalue weighted by Gasteiger charge is 2.32. The zero-order valence-corrected chi connectivity index (χ0v) is 17.2. The number of likely N-dealkylation sites (N-methyl/N-ethyl adjacent to an activating group) is 1. The smallest absolute Gasteiger partial charge is 0.416 e. The van der Waals surface area contributed by atoms with Crippen molar-refractivity contribution in [3.8, 4) is 0 Å². The third kappa shape index (κ3) is 5.86. The average Bonchev–Trinajstić information content (AvgIpc) is 2.76. The number of alkyl halides is 3. The van der Waals surface area contributed by atoms with Crippen molar-refractivity contribution < 1.29 is 32.5 Å². The van der Waals surface area contributed by atoms with Gasteiger partial charge in [-0.25, -0.2) is 0 Å². The second-order valence-electron chi connectivity index (χ2n) is 7.53. The number of aliphatic hydroxyl groups excluding tert-OH is 1. The fourth-order valence-corrected chi connectivity index (χ4v) is 3.21. The summed E-state index contributed by atoms with van der Waals surface area (Å²) in [5, 5.41) is 9.13. The van der Waals surface area contributed by atoms with E-state index in [1.54, 1.807) is 32.3 Å². The lowest BCUT2D eigenvalue weighted by Gasteiger charge is -2.30. The molecule has 3 rings (SSSR count). The van der Waals surface area contributed by atoms with Gasteiger partial charge in [0.05, 0.1) is 18.8 Å². The Balaban J connectivity index is 1.77. The summed E-state index contributed by atoms with van der Waals surface area (Å²) in [6.45, 7) is 0.169. The van der Waals surface area contributed by atoms with Crippen LogP contribution in [0.5, 0.6) is 0 Å². The van der Waals surface area contributed by atoms with Crippen LogP contribution < -0.4 is 0 Å². The van der Waals surface area contributed by atoms with Gasteiger partial charge in [-0.05, 0) is 34.9 Å². The lowest BCUT2D eigenvalue weighted by atomic mass is 9.92. The van der Waals surface area contributed by atoms with E-state index in [1.165, 1.54) is 17.0 Å². The van der Waals surface area contributed by atoms with E-state index in [1.807, 2.05) is 12.1 Å². The second kappa shape index (κ2) is 9.53. The fourth-order valence-electron chi connectivity index (χ4n) is 3.21. The van der Waals surface area contributed by atoms with Crippen molar-refractivity contribution in [2.24, 2.45) is 0 Å². The number of hydrogen-bond acceptors (Lipinski definition) is 4. The van der Waals surface area contributed by atoms with Gasteiger partial charge in [-0.3, -0.25) is 4.79 Å². The number of rotatable bonds is 6. The molecule has 2 aromatic carbocycles. The normalized spacial score (nSPS) is 18.8. The van der Waals surface area contributed by atoms with Crippen molar-refractivity contribution in [1.29, 1.82) is 0 Å². The molecule has 0 aliphatic carbocycles. The minimum atomic E-state index is -4.41. The Kier molecular flexibility index (Phi) is 7.02. The molecular weight excluding hydrogens is 411 g/mol. The van der Waals surface area contributed by atoms with E-state index in [-0.39, 0.29) is 30.8 Å². The third-order valence-electron chi connectivity index (χ3n) is 4.98. The molecule has 1 aliphatic heterocycles. The van der Waals surface area contributed by atoms with Crippen LogP contribution in [0.1, 0.15) is 34.6 Å². The van der Waals surface area contributed by atoms with Gasteiger partial charge in [0, 0.05) is 26.4 Å². The molecule has 2 atom stereocenters. The number of aliphatic hydroxyl groups is 1. The molecule has 0 aromatic heterocycles. The molecule has 0 fully saturated rings. The molecule has 0 saturated heterocycles. The molecule has 1 aliphatic rings. The second-order valence-corrected chi connectivity index (χ2v) is 7.53. The monoisotopic (exact) mass is 435 g/mol. The summed E-state index contributed by atoms with van der Waals surface area (Å²) >= 11 is 0. The molecule has 166 valence electrons. The number of halogens is 3. The largest absolute Gasteiger partial charge is 0.459 e. The van der Waals surface area contributed by atoms with Crippen molar-refractivity contribution in [2.75, 3.05) is 14.1 Å². The van der Waals surface area contributed by atoms with Gasteiger partial charge in [-0.15, -0.1) is 0 Å². The number of nitrogens with zero attached hydrogens (tertiary/aromatic N) is 1. The molecule has 1 amide bonds. The highest BCUT2D eigenvalue weighted by atomic mass is 19.4. The molecule has 1 N–H and O–H groups in total. The van der Waals surface area contributed by atoms with Gasteiger partial charge in [0.25, 0.3) is 5.91 Å². The molecule has 1 heterocycles. The minimum Gasteiger partial charge on any atom is -0.459 e. The van der Waals surface area contributed by atoms with Gasteiger partial charge < -0.3 is 19.5 Å². The Morgan fingerprint density at radius 3 is 2.26 bits per heavy atom. The summed E-state index contributed by atoms with van der Waals surface area (Å²) in [6, 6.07) is 12.1. The lowest BCUT2D eigenvalue weighted by Crippen LogP contribution is -2.32. The summed E-state index contributed by atoms with van der Waals surface area (Å²) < 4.78 is 50.2. The summed E-state index contributed by atoms with van der Waals surface area (Å²) in [6.07, 6.45) is -3.17. The zero-order chi connectivity index (χ0) is 22.6. The van der Waals surface area contributed by atoms with Gasteiger partial charge in [0.2, 0.25) is 6.29 Å². The molecule has 31 heavy (non-hydrogen) atoms. The summed E-state index contributed by atoms with van der Waals surface area (Å²) in [5.41, 5.74) is 1.56. The third-order valence-corrected chi connectivity index (χ3v) is 4.98. The maximum absolute atomic E-state index is 12.9. The molecule has 8 heteroatoms. The lowest BCUT2D eigenvalue weighted by molar-refractivity contribution is -0.154. The fraction of sp³-hybridized carbons (Fsp3) is 0.348. The Morgan fingerprint density at radius 1 is 1.10 bits per heavy atom. The predicted molar refractivity (Wildman–Crippen MR) is 108 cm³/mol. The van der Waals surface area contributed by atoms with Crippen molar-refractivity contribution >= 4 is 5.91 Å². The van der Waals surface area contributed by atoms with Crippen LogP contribution in [-0.2, 0) is 33.7 Å². The molecular formula is C23H24F3NO4. The number of carbonyl (C=O) groups excluding carboxylic acids is 1. The van der Waals surface area contributed by atoms with E-state index in [0.29, 0.717) is 12.0 Å². The van der Waals surface area contributed by atoms with Crippen LogP contribution in [0.25, 0.3) is 0 Å². The van der Waals surface area contributed by atoms with Crippen molar-refractivity contribution in [3.63, 3.8) is 0 Å². The Bertz CT molecular complexity index is 921. The van der Waals surface area contributed by atoms with Crippen LogP contribution >= 0.6 is 0 Å². The van der Waals surface area contributed by atoms with Gasteiger partial charge in [0.15, 0.2) is 5.76 Å². The topological polar surface area (TPSA) is 59.0 Å². The number of benzene rings is 2. The van der Waals surface area contributed by atoms with Crippen LogP contribution in [0.3, 0.4) is 0 Å². The van der Waals surface area contributed by atoms with E-state index in [0.717, 1.165) is 23.3 Å². The first-order valence-electron chi connectivity index (χ1n) is 9.75. The first-order chi connectivity index (χ1) is 14.7. The summed E-state index contributed by atoms with van der Waals surface area (Å²) in [4.78, 5) is 13.8.